The molecule has 0 atom stereocenters. The van der Waals surface area contributed by atoms with Gasteiger partial charge >= 0.3 is 12.1 Å². The molecule has 2 rings (SSSR count). The monoisotopic (exact) mass is 231 g/mol. The fraction of sp³-hybridized carbons (Fsp3) is 0.125. The van der Waals surface area contributed by atoms with E-state index in [0.29, 0.717) is 0 Å². The zero-order chi connectivity index (χ0) is 11.9. The molecular weight excluding hydrogens is 227 g/mol. The number of carboxylic acid groups (broad SMARTS) is 1. The number of hydrogen-bond acceptors (Lipinski definition) is 3. The van der Waals surface area contributed by atoms with Gasteiger partial charge in [0.25, 0.3) is 0 Å². The number of carbonyl (C=O) groups is 1. The molecule has 0 aliphatic heterocycles. The van der Waals surface area contributed by atoms with Crippen molar-refractivity contribution in [1.29, 1.82) is 0 Å². The van der Waals surface area contributed by atoms with E-state index < -0.39 is 17.8 Å². The largest absolute Gasteiger partial charge is 0.476 e. The van der Waals surface area contributed by atoms with E-state index in [1.807, 2.05) is 0 Å². The van der Waals surface area contributed by atoms with E-state index in [2.05, 4.69) is 10.1 Å². The maximum Gasteiger partial charge on any atom is 0.433 e. The highest BCUT2D eigenvalue weighted by Gasteiger charge is 2.32. The summed E-state index contributed by atoms with van der Waals surface area (Å²) in [6.07, 6.45) is -3.55. The summed E-state index contributed by atoms with van der Waals surface area (Å²) in [5.41, 5.74) is -1.60. The number of fused-ring (bicyclic) bond motifs is 1. The Morgan fingerprint density at radius 1 is 1.44 bits per heavy atom. The predicted molar refractivity (Wildman–Crippen MR) is 44.9 cm³/mol. The molecule has 0 spiro atoms. The molecule has 5 nitrogen and oxygen atoms in total. The van der Waals surface area contributed by atoms with Gasteiger partial charge in [0.15, 0.2) is 11.3 Å². The van der Waals surface area contributed by atoms with Crippen molar-refractivity contribution in [2.45, 2.75) is 6.18 Å². The van der Waals surface area contributed by atoms with Crippen molar-refractivity contribution in [3.8, 4) is 0 Å². The molecule has 0 amide bonds. The van der Waals surface area contributed by atoms with Crippen LogP contribution in [-0.2, 0) is 6.18 Å². The number of rotatable bonds is 1. The minimum Gasteiger partial charge on any atom is -0.476 e. The highest BCUT2D eigenvalue weighted by molar-refractivity contribution is 5.86. The lowest BCUT2D eigenvalue weighted by Gasteiger charge is -2.04. The average Bonchev–Trinajstić information content (AvgIpc) is 2.58. The Labute approximate surface area is 86.1 Å². The number of nitrogens with zero attached hydrogens (tertiary/aromatic N) is 3. The van der Waals surface area contributed by atoms with Crippen LogP contribution in [0, 0.1) is 0 Å². The first-order valence-electron chi connectivity index (χ1n) is 4.05. The van der Waals surface area contributed by atoms with E-state index in [1.54, 1.807) is 0 Å². The van der Waals surface area contributed by atoms with Crippen LogP contribution in [0.3, 0.4) is 0 Å². The van der Waals surface area contributed by atoms with E-state index in [9.17, 15) is 18.0 Å². The third-order valence-electron chi connectivity index (χ3n) is 1.83. The van der Waals surface area contributed by atoms with Crippen LogP contribution in [0.2, 0.25) is 0 Å². The first kappa shape index (κ1) is 10.4. The minimum atomic E-state index is -4.56. The SMILES string of the molecule is O=C(O)c1cc2nc(C(F)(F)F)ccn2n1. The third kappa shape index (κ3) is 1.69. The molecule has 0 unspecified atom stereocenters. The number of carboxylic acids is 1. The van der Waals surface area contributed by atoms with E-state index in [-0.39, 0.29) is 11.3 Å². The molecule has 16 heavy (non-hydrogen) atoms. The van der Waals surface area contributed by atoms with E-state index in [0.717, 1.165) is 22.8 Å². The van der Waals surface area contributed by atoms with Crippen LogP contribution in [0.4, 0.5) is 13.2 Å². The molecule has 2 aromatic rings. The first-order valence-corrected chi connectivity index (χ1v) is 4.05. The topological polar surface area (TPSA) is 67.5 Å². The molecule has 1 N–H and O–H groups in total. The highest BCUT2D eigenvalue weighted by Crippen LogP contribution is 2.27. The Morgan fingerprint density at radius 2 is 2.12 bits per heavy atom. The summed E-state index contributed by atoms with van der Waals surface area (Å²) in [4.78, 5) is 13.8. The zero-order valence-corrected chi connectivity index (χ0v) is 7.56. The van der Waals surface area contributed by atoms with Gasteiger partial charge in [0.1, 0.15) is 5.69 Å². The first-order chi connectivity index (χ1) is 7.38. The lowest BCUT2D eigenvalue weighted by Crippen LogP contribution is -2.08. The maximum atomic E-state index is 12.3. The summed E-state index contributed by atoms with van der Waals surface area (Å²) in [7, 11) is 0. The van der Waals surface area contributed by atoms with Crippen molar-refractivity contribution in [1.82, 2.24) is 14.6 Å². The second-order valence-corrected chi connectivity index (χ2v) is 2.95. The molecule has 0 fully saturated rings. The van der Waals surface area contributed by atoms with Crippen LogP contribution in [-0.4, -0.2) is 25.7 Å². The number of aromatic carboxylic acids is 1. The summed E-state index contributed by atoms with van der Waals surface area (Å²) in [6, 6.07) is 1.70. The minimum absolute atomic E-state index is 0.160. The van der Waals surface area contributed by atoms with Gasteiger partial charge in [-0.3, -0.25) is 0 Å². The number of aromatic nitrogens is 3. The van der Waals surface area contributed by atoms with Gasteiger partial charge in [0, 0.05) is 12.3 Å². The second kappa shape index (κ2) is 3.19. The van der Waals surface area contributed by atoms with Gasteiger partial charge in [-0.2, -0.15) is 18.3 Å². The van der Waals surface area contributed by atoms with E-state index >= 15 is 0 Å². The lowest BCUT2D eigenvalue weighted by atomic mass is 10.4. The standard InChI is InChI=1S/C8H4F3N3O2/c9-8(10,11)5-1-2-14-6(12-5)3-4(13-14)7(15)16/h1-3H,(H,15,16). The molecule has 84 valence electrons. The van der Waals surface area contributed by atoms with Crippen molar-refractivity contribution in [2.24, 2.45) is 0 Å². The summed E-state index contributed by atoms with van der Waals surface area (Å²) in [5, 5.41) is 12.1. The van der Waals surface area contributed by atoms with Crippen molar-refractivity contribution >= 4 is 11.6 Å². The Balaban J connectivity index is 2.58. The second-order valence-electron chi connectivity index (χ2n) is 2.95. The normalized spacial score (nSPS) is 11.9. The molecule has 2 aromatic heterocycles. The van der Waals surface area contributed by atoms with Gasteiger partial charge in [0.05, 0.1) is 0 Å². The average molecular weight is 231 g/mol. The van der Waals surface area contributed by atoms with Gasteiger partial charge in [-0.05, 0) is 6.07 Å². The van der Waals surface area contributed by atoms with Crippen molar-refractivity contribution < 1.29 is 23.1 Å². The molecule has 8 heteroatoms. The molecule has 0 bridgehead atoms. The summed E-state index contributed by atoms with van der Waals surface area (Å²) >= 11 is 0. The van der Waals surface area contributed by atoms with Gasteiger partial charge in [-0.15, -0.1) is 0 Å². The van der Waals surface area contributed by atoms with Crippen molar-refractivity contribution in [2.75, 3.05) is 0 Å². The van der Waals surface area contributed by atoms with Crippen molar-refractivity contribution in [3.63, 3.8) is 0 Å². The molecule has 0 aliphatic rings. The van der Waals surface area contributed by atoms with E-state index in [1.165, 1.54) is 0 Å². The fourth-order valence-corrected chi connectivity index (χ4v) is 1.14. The molecule has 0 saturated carbocycles. The van der Waals surface area contributed by atoms with Crippen molar-refractivity contribution in [3.05, 3.63) is 29.7 Å². The van der Waals surface area contributed by atoms with Gasteiger partial charge in [-0.1, -0.05) is 0 Å². The lowest BCUT2D eigenvalue weighted by molar-refractivity contribution is -0.141. The van der Waals surface area contributed by atoms with E-state index in [4.69, 9.17) is 5.11 Å². The molecule has 0 aromatic carbocycles. The Morgan fingerprint density at radius 3 is 2.69 bits per heavy atom. The smallest absolute Gasteiger partial charge is 0.433 e. The van der Waals surface area contributed by atoms with Crippen LogP contribution in [0.25, 0.3) is 5.65 Å². The summed E-state index contributed by atoms with van der Waals surface area (Å²) in [6.45, 7) is 0. The maximum absolute atomic E-state index is 12.3. The molecule has 0 saturated heterocycles. The molecule has 0 radical (unpaired) electrons. The fourth-order valence-electron chi connectivity index (χ4n) is 1.14. The molecule has 0 aliphatic carbocycles. The summed E-state index contributed by atoms with van der Waals surface area (Å²) in [5.74, 6) is -1.32. The van der Waals surface area contributed by atoms with Crippen LogP contribution in [0.15, 0.2) is 18.3 Å². The predicted octanol–water partition coefficient (Wildman–Crippen LogP) is 1.45. The van der Waals surface area contributed by atoms with Crippen LogP contribution < -0.4 is 0 Å². The van der Waals surface area contributed by atoms with Crippen LogP contribution >= 0.6 is 0 Å². The Bertz CT molecular complexity index is 561. The number of halogens is 3. The van der Waals surface area contributed by atoms with Crippen LogP contribution in [0.1, 0.15) is 16.2 Å². The van der Waals surface area contributed by atoms with Gasteiger partial charge < -0.3 is 5.11 Å². The van der Waals surface area contributed by atoms with Gasteiger partial charge in [0.2, 0.25) is 0 Å². The summed E-state index contributed by atoms with van der Waals surface area (Å²) < 4.78 is 37.8. The number of alkyl halides is 3. The molecule has 2 heterocycles. The Kier molecular flexibility index (Phi) is 2.07. The number of hydrogen-bond donors (Lipinski definition) is 1. The highest BCUT2D eigenvalue weighted by atomic mass is 19.4. The van der Waals surface area contributed by atoms with Gasteiger partial charge in [-0.25, -0.2) is 14.3 Å². The quantitative estimate of drug-likeness (QED) is 0.806. The third-order valence-corrected chi connectivity index (χ3v) is 1.83. The van der Waals surface area contributed by atoms with Crippen LogP contribution in [0.5, 0.6) is 0 Å². The zero-order valence-electron chi connectivity index (χ0n) is 7.56. The Hall–Kier alpha value is -2.12. The molecular formula is C8H4F3N3O2.